The van der Waals surface area contributed by atoms with Crippen molar-refractivity contribution in [2.45, 2.75) is 19.2 Å². The molecule has 2 aromatic rings. The van der Waals surface area contributed by atoms with Gasteiger partial charge in [-0.2, -0.15) is 13.2 Å². The summed E-state index contributed by atoms with van der Waals surface area (Å²) >= 11 is 0. The third-order valence-corrected chi connectivity index (χ3v) is 2.89. The molecule has 7 heteroatoms. The van der Waals surface area contributed by atoms with Gasteiger partial charge in [-0.3, -0.25) is 0 Å². The van der Waals surface area contributed by atoms with E-state index >= 15 is 0 Å². The van der Waals surface area contributed by atoms with E-state index in [0.717, 1.165) is 12.1 Å². The first-order chi connectivity index (χ1) is 10.9. The van der Waals surface area contributed by atoms with Gasteiger partial charge in [0.2, 0.25) is 0 Å². The maximum absolute atomic E-state index is 12.5. The summed E-state index contributed by atoms with van der Waals surface area (Å²) in [6.45, 7) is -0.00448. The van der Waals surface area contributed by atoms with E-state index in [1.54, 1.807) is 0 Å². The lowest BCUT2D eigenvalue weighted by Crippen LogP contribution is -2.05. The Labute approximate surface area is 129 Å². The average Bonchev–Trinajstić information content (AvgIpc) is 2.51. The van der Waals surface area contributed by atoms with E-state index in [1.165, 1.54) is 36.4 Å². The van der Waals surface area contributed by atoms with Crippen molar-refractivity contribution in [3.8, 4) is 0 Å². The number of rotatable bonds is 5. The van der Waals surface area contributed by atoms with Crippen molar-refractivity contribution in [2.75, 3.05) is 0 Å². The van der Waals surface area contributed by atoms with Crippen LogP contribution in [0.5, 0.6) is 0 Å². The van der Waals surface area contributed by atoms with E-state index in [2.05, 4.69) is 11.4 Å². The molecule has 0 saturated heterocycles. The van der Waals surface area contributed by atoms with Crippen LogP contribution in [0.2, 0.25) is 0 Å². The van der Waals surface area contributed by atoms with Crippen molar-refractivity contribution in [1.82, 2.24) is 0 Å². The normalized spacial score (nSPS) is 12.1. The Morgan fingerprint density at radius 1 is 1.04 bits per heavy atom. The fourth-order valence-electron chi connectivity index (χ4n) is 1.72. The molecular formula is C16H11F5NO. The zero-order valence-electron chi connectivity index (χ0n) is 11.6. The van der Waals surface area contributed by atoms with Gasteiger partial charge in [-0.15, -0.1) is 0 Å². The lowest BCUT2D eigenvalue weighted by Gasteiger charge is -2.06. The zero-order valence-corrected chi connectivity index (χ0v) is 11.6. The monoisotopic (exact) mass is 328 g/mol. The lowest BCUT2D eigenvalue weighted by atomic mass is 10.1. The van der Waals surface area contributed by atoms with Crippen LogP contribution in [-0.4, -0.2) is 6.21 Å². The van der Waals surface area contributed by atoms with Gasteiger partial charge >= 0.3 is 6.18 Å². The molecule has 0 aliphatic heterocycles. The maximum Gasteiger partial charge on any atom is 0.416 e. The van der Waals surface area contributed by atoms with Gasteiger partial charge in [-0.25, -0.2) is 8.78 Å². The average molecular weight is 328 g/mol. The number of nitrogens with zero attached hydrogens (tertiary/aromatic N) is 1. The molecule has 2 nitrogen and oxygen atoms in total. The Morgan fingerprint density at radius 3 is 2.35 bits per heavy atom. The minimum atomic E-state index is -4.44. The minimum Gasteiger partial charge on any atom is -0.390 e. The largest absolute Gasteiger partial charge is 0.416 e. The van der Waals surface area contributed by atoms with Crippen LogP contribution >= 0.6 is 0 Å². The van der Waals surface area contributed by atoms with Crippen molar-refractivity contribution >= 4 is 6.21 Å². The molecular weight excluding hydrogens is 317 g/mol. The first-order valence-electron chi connectivity index (χ1n) is 6.48. The summed E-state index contributed by atoms with van der Waals surface area (Å²) < 4.78 is 62.3. The van der Waals surface area contributed by atoms with Crippen LogP contribution in [0.1, 0.15) is 28.7 Å². The Morgan fingerprint density at radius 2 is 1.74 bits per heavy atom. The van der Waals surface area contributed by atoms with E-state index in [9.17, 15) is 22.0 Å². The van der Waals surface area contributed by atoms with E-state index in [1.807, 2.05) is 0 Å². The highest BCUT2D eigenvalue weighted by Gasteiger charge is 2.30. The smallest absolute Gasteiger partial charge is 0.390 e. The van der Waals surface area contributed by atoms with Gasteiger partial charge in [0, 0.05) is 11.1 Å². The molecule has 0 heterocycles. The molecule has 0 unspecified atom stereocenters. The van der Waals surface area contributed by atoms with Gasteiger partial charge in [0.15, 0.2) is 0 Å². The topological polar surface area (TPSA) is 21.6 Å². The van der Waals surface area contributed by atoms with Crippen LogP contribution in [0.25, 0.3) is 0 Å². The van der Waals surface area contributed by atoms with Crippen LogP contribution in [0.4, 0.5) is 22.0 Å². The highest BCUT2D eigenvalue weighted by molar-refractivity contribution is 5.79. The summed E-state index contributed by atoms with van der Waals surface area (Å²) in [5.74, 6) is 0. The predicted octanol–water partition coefficient (Wildman–Crippen LogP) is 5.07. The third-order valence-electron chi connectivity index (χ3n) is 2.89. The van der Waals surface area contributed by atoms with Crippen LogP contribution in [-0.2, 0) is 17.6 Å². The van der Waals surface area contributed by atoms with Gasteiger partial charge in [-0.05, 0) is 17.7 Å². The third kappa shape index (κ3) is 5.05. The molecule has 0 aliphatic carbocycles. The second-order valence-electron chi connectivity index (χ2n) is 4.60. The van der Waals surface area contributed by atoms with Crippen LogP contribution < -0.4 is 0 Å². The SMILES string of the molecule is FC(F)c1ccc(CO/N=[C]\c2cccc(C(F)(F)F)c2)cc1. The van der Waals surface area contributed by atoms with Gasteiger partial charge in [0.05, 0.1) is 5.56 Å². The molecule has 0 N–H and O–H groups in total. The molecule has 0 saturated carbocycles. The van der Waals surface area contributed by atoms with Gasteiger partial charge in [-0.1, -0.05) is 41.6 Å². The van der Waals surface area contributed by atoms with Crippen molar-refractivity contribution in [3.63, 3.8) is 0 Å². The molecule has 0 fully saturated rings. The Hall–Kier alpha value is -2.44. The predicted molar refractivity (Wildman–Crippen MR) is 74.2 cm³/mol. The molecule has 0 aliphatic rings. The van der Waals surface area contributed by atoms with E-state index in [4.69, 9.17) is 4.84 Å². The van der Waals surface area contributed by atoms with Crippen LogP contribution in [0, 0.1) is 0 Å². The summed E-state index contributed by atoms with van der Waals surface area (Å²) in [4.78, 5) is 4.89. The summed E-state index contributed by atoms with van der Waals surface area (Å²) in [6.07, 6.45) is -4.64. The minimum absolute atomic E-state index is 0.00448. The second-order valence-corrected chi connectivity index (χ2v) is 4.60. The molecule has 121 valence electrons. The first-order valence-corrected chi connectivity index (χ1v) is 6.48. The molecule has 1 radical (unpaired) electrons. The standard InChI is InChI=1S/C16H11F5NO/c17-15(18)13-6-4-11(5-7-13)10-23-22-9-12-2-1-3-14(8-12)16(19,20)21/h1-8,15H,10H2. The van der Waals surface area contributed by atoms with Crippen LogP contribution in [0.3, 0.4) is 0 Å². The summed E-state index contributed by atoms with van der Waals surface area (Å²) in [6, 6.07) is 9.93. The Bertz CT molecular complexity index is 665. The zero-order chi connectivity index (χ0) is 16.9. The fourth-order valence-corrected chi connectivity index (χ4v) is 1.72. The lowest BCUT2D eigenvalue weighted by molar-refractivity contribution is -0.137. The number of halogens is 5. The Kier molecular flexibility index (Phi) is 5.31. The summed E-state index contributed by atoms with van der Waals surface area (Å²) in [7, 11) is 0. The number of alkyl halides is 5. The molecule has 23 heavy (non-hydrogen) atoms. The molecule has 2 rings (SSSR count). The van der Waals surface area contributed by atoms with Crippen LogP contribution in [0.15, 0.2) is 53.7 Å². The summed E-state index contributed by atoms with van der Waals surface area (Å²) in [5, 5.41) is 3.45. The van der Waals surface area contributed by atoms with E-state index in [-0.39, 0.29) is 17.7 Å². The van der Waals surface area contributed by atoms with Crippen molar-refractivity contribution in [3.05, 3.63) is 70.8 Å². The molecule has 2 aromatic carbocycles. The maximum atomic E-state index is 12.5. The number of benzene rings is 2. The first kappa shape index (κ1) is 16.9. The fraction of sp³-hybridized carbons (Fsp3) is 0.188. The number of hydrogen-bond donors (Lipinski definition) is 0. The molecule has 0 spiro atoms. The van der Waals surface area contributed by atoms with E-state index in [0.29, 0.717) is 5.56 Å². The highest BCUT2D eigenvalue weighted by Crippen LogP contribution is 2.29. The van der Waals surface area contributed by atoms with Crippen molar-refractivity contribution in [1.29, 1.82) is 0 Å². The van der Waals surface area contributed by atoms with Crippen molar-refractivity contribution < 1.29 is 26.8 Å². The second kappa shape index (κ2) is 7.21. The molecule has 0 aromatic heterocycles. The Balaban J connectivity index is 1.92. The highest BCUT2D eigenvalue weighted by atomic mass is 19.4. The van der Waals surface area contributed by atoms with Crippen molar-refractivity contribution in [2.24, 2.45) is 5.16 Å². The van der Waals surface area contributed by atoms with E-state index < -0.39 is 18.2 Å². The van der Waals surface area contributed by atoms with Gasteiger partial charge < -0.3 is 4.84 Å². The molecule has 0 atom stereocenters. The van der Waals surface area contributed by atoms with Gasteiger partial charge in [0.1, 0.15) is 12.8 Å². The summed E-state index contributed by atoms with van der Waals surface area (Å²) in [5.41, 5.74) is -0.190. The molecule has 0 amide bonds. The quantitative estimate of drug-likeness (QED) is 0.426. The number of hydrogen-bond acceptors (Lipinski definition) is 2. The molecule has 0 bridgehead atoms. The van der Waals surface area contributed by atoms with Gasteiger partial charge in [0.25, 0.3) is 6.43 Å².